The third kappa shape index (κ3) is 6.02. The number of aromatic nitrogens is 2. The second-order valence-electron chi connectivity index (χ2n) is 5.00. The highest BCUT2D eigenvalue weighted by molar-refractivity contribution is 5.94. The SMILES string of the molecule is CCCNCCNC(=O)c1ccc(-c2noc(C(F)(F)F)n2)cc1.Cl. The molecule has 0 aliphatic rings. The number of alkyl halides is 3. The number of nitrogens with zero attached hydrogens (tertiary/aromatic N) is 2. The maximum absolute atomic E-state index is 12.4. The Morgan fingerprint density at radius 1 is 1.16 bits per heavy atom. The first kappa shape index (κ1) is 20.9. The largest absolute Gasteiger partial charge is 0.471 e. The third-order valence-electron chi connectivity index (χ3n) is 3.09. The Labute approximate surface area is 148 Å². The summed E-state index contributed by atoms with van der Waals surface area (Å²) in [5.41, 5.74) is 0.726. The summed E-state index contributed by atoms with van der Waals surface area (Å²) in [6.45, 7) is 4.09. The topological polar surface area (TPSA) is 80.0 Å². The van der Waals surface area contributed by atoms with Crippen LogP contribution in [0.15, 0.2) is 28.8 Å². The van der Waals surface area contributed by atoms with E-state index in [0.717, 1.165) is 13.0 Å². The standard InChI is InChI=1S/C15H17F3N4O2.ClH/c1-2-7-19-8-9-20-13(23)11-5-3-10(4-6-11)12-21-14(24-22-12)15(16,17)18;/h3-6,19H,2,7-9H2,1H3,(H,20,23);1H. The first-order valence-corrected chi connectivity index (χ1v) is 7.42. The Morgan fingerprint density at radius 2 is 1.84 bits per heavy atom. The Balaban J connectivity index is 0.00000312. The second-order valence-corrected chi connectivity index (χ2v) is 5.00. The van der Waals surface area contributed by atoms with Crippen LogP contribution in [0.2, 0.25) is 0 Å². The number of hydrogen-bond acceptors (Lipinski definition) is 5. The molecule has 0 radical (unpaired) electrons. The molecule has 0 spiro atoms. The molecule has 2 rings (SSSR count). The molecule has 0 aliphatic heterocycles. The van der Waals surface area contributed by atoms with E-state index in [9.17, 15) is 18.0 Å². The quantitative estimate of drug-likeness (QED) is 0.724. The van der Waals surface area contributed by atoms with E-state index < -0.39 is 12.1 Å². The number of carbonyl (C=O) groups is 1. The maximum atomic E-state index is 12.4. The van der Waals surface area contributed by atoms with Crippen molar-refractivity contribution >= 4 is 18.3 Å². The number of halogens is 4. The van der Waals surface area contributed by atoms with Gasteiger partial charge in [0, 0.05) is 24.2 Å². The van der Waals surface area contributed by atoms with Gasteiger partial charge in [-0.05, 0) is 25.1 Å². The van der Waals surface area contributed by atoms with Crippen LogP contribution >= 0.6 is 12.4 Å². The van der Waals surface area contributed by atoms with Crippen LogP contribution in [-0.2, 0) is 6.18 Å². The number of amides is 1. The highest BCUT2D eigenvalue weighted by Gasteiger charge is 2.38. The Bertz CT molecular complexity index is 674. The minimum Gasteiger partial charge on any atom is -0.351 e. The summed E-state index contributed by atoms with van der Waals surface area (Å²) < 4.78 is 41.5. The molecule has 1 aromatic carbocycles. The average Bonchev–Trinajstić information content (AvgIpc) is 3.05. The Kier molecular flexibility index (Phi) is 7.85. The molecule has 0 fully saturated rings. The van der Waals surface area contributed by atoms with E-state index in [1.165, 1.54) is 24.3 Å². The van der Waals surface area contributed by atoms with Crippen molar-refractivity contribution in [2.45, 2.75) is 19.5 Å². The number of benzene rings is 1. The van der Waals surface area contributed by atoms with Crippen molar-refractivity contribution in [3.63, 3.8) is 0 Å². The van der Waals surface area contributed by atoms with Crippen LogP contribution in [0.25, 0.3) is 11.4 Å². The molecule has 0 unspecified atom stereocenters. The van der Waals surface area contributed by atoms with Crippen LogP contribution in [0.1, 0.15) is 29.6 Å². The summed E-state index contributed by atoms with van der Waals surface area (Å²) >= 11 is 0. The van der Waals surface area contributed by atoms with Crippen molar-refractivity contribution in [3.8, 4) is 11.4 Å². The van der Waals surface area contributed by atoms with E-state index in [2.05, 4.69) is 32.2 Å². The van der Waals surface area contributed by atoms with Gasteiger partial charge in [0.1, 0.15) is 0 Å². The molecular formula is C15H18ClF3N4O2. The zero-order valence-corrected chi connectivity index (χ0v) is 14.2. The smallest absolute Gasteiger partial charge is 0.351 e. The number of hydrogen-bond donors (Lipinski definition) is 2. The van der Waals surface area contributed by atoms with Crippen molar-refractivity contribution in [2.24, 2.45) is 0 Å². The molecule has 0 saturated carbocycles. The molecule has 1 heterocycles. The summed E-state index contributed by atoms with van der Waals surface area (Å²) in [6, 6.07) is 5.92. The molecule has 2 aromatic rings. The lowest BCUT2D eigenvalue weighted by molar-refractivity contribution is -0.159. The molecule has 1 amide bonds. The maximum Gasteiger partial charge on any atom is 0.471 e. The predicted molar refractivity (Wildman–Crippen MR) is 87.5 cm³/mol. The van der Waals surface area contributed by atoms with E-state index in [-0.39, 0.29) is 24.1 Å². The molecule has 138 valence electrons. The molecule has 2 N–H and O–H groups in total. The van der Waals surface area contributed by atoms with E-state index >= 15 is 0 Å². The van der Waals surface area contributed by atoms with E-state index in [0.29, 0.717) is 24.2 Å². The highest BCUT2D eigenvalue weighted by Crippen LogP contribution is 2.29. The van der Waals surface area contributed by atoms with E-state index in [1.807, 2.05) is 0 Å². The van der Waals surface area contributed by atoms with Crippen molar-refractivity contribution in [1.82, 2.24) is 20.8 Å². The highest BCUT2D eigenvalue weighted by atomic mass is 35.5. The lowest BCUT2D eigenvalue weighted by Gasteiger charge is -2.06. The first-order valence-electron chi connectivity index (χ1n) is 7.42. The fraction of sp³-hybridized carbons (Fsp3) is 0.400. The van der Waals surface area contributed by atoms with Gasteiger partial charge in [-0.2, -0.15) is 18.2 Å². The van der Waals surface area contributed by atoms with Gasteiger partial charge < -0.3 is 15.2 Å². The summed E-state index contributed by atoms with van der Waals surface area (Å²) in [4.78, 5) is 15.2. The summed E-state index contributed by atoms with van der Waals surface area (Å²) in [7, 11) is 0. The molecule has 1 aromatic heterocycles. The van der Waals surface area contributed by atoms with Crippen molar-refractivity contribution < 1.29 is 22.5 Å². The second kappa shape index (κ2) is 9.38. The van der Waals surface area contributed by atoms with Crippen LogP contribution in [0.5, 0.6) is 0 Å². The molecular weight excluding hydrogens is 361 g/mol. The normalized spacial score (nSPS) is 11.0. The fourth-order valence-corrected chi connectivity index (χ4v) is 1.89. The first-order chi connectivity index (χ1) is 11.4. The zero-order valence-electron chi connectivity index (χ0n) is 13.4. The van der Waals surface area contributed by atoms with Crippen molar-refractivity contribution in [2.75, 3.05) is 19.6 Å². The molecule has 0 atom stereocenters. The molecule has 0 saturated heterocycles. The van der Waals surface area contributed by atoms with Crippen LogP contribution < -0.4 is 10.6 Å². The zero-order chi connectivity index (χ0) is 17.6. The number of nitrogens with one attached hydrogen (secondary N) is 2. The van der Waals surface area contributed by atoms with E-state index in [1.54, 1.807) is 0 Å². The number of rotatable bonds is 7. The molecule has 0 bridgehead atoms. The molecule has 25 heavy (non-hydrogen) atoms. The summed E-state index contributed by atoms with van der Waals surface area (Å²) in [5, 5.41) is 9.19. The summed E-state index contributed by atoms with van der Waals surface area (Å²) in [6.07, 6.45) is -3.67. The monoisotopic (exact) mass is 378 g/mol. The van der Waals surface area contributed by atoms with Crippen LogP contribution in [0.4, 0.5) is 13.2 Å². The van der Waals surface area contributed by atoms with Gasteiger partial charge in [0.15, 0.2) is 0 Å². The van der Waals surface area contributed by atoms with Crippen LogP contribution in [-0.4, -0.2) is 35.7 Å². The van der Waals surface area contributed by atoms with Crippen LogP contribution in [0, 0.1) is 0 Å². The fourth-order valence-electron chi connectivity index (χ4n) is 1.89. The van der Waals surface area contributed by atoms with Gasteiger partial charge in [0.2, 0.25) is 5.82 Å². The van der Waals surface area contributed by atoms with Gasteiger partial charge in [0.05, 0.1) is 0 Å². The van der Waals surface area contributed by atoms with Gasteiger partial charge in [-0.25, -0.2) is 0 Å². The molecule has 6 nitrogen and oxygen atoms in total. The van der Waals surface area contributed by atoms with Gasteiger partial charge in [-0.3, -0.25) is 4.79 Å². The van der Waals surface area contributed by atoms with Crippen LogP contribution in [0.3, 0.4) is 0 Å². The Morgan fingerprint density at radius 3 is 2.40 bits per heavy atom. The van der Waals surface area contributed by atoms with Gasteiger partial charge >= 0.3 is 12.1 Å². The molecule has 10 heteroatoms. The third-order valence-corrected chi connectivity index (χ3v) is 3.09. The van der Waals surface area contributed by atoms with Gasteiger partial charge in [0.25, 0.3) is 5.91 Å². The molecule has 0 aliphatic carbocycles. The minimum atomic E-state index is -4.68. The van der Waals surface area contributed by atoms with Crippen molar-refractivity contribution in [3.05, 3.63) is 35.7 Å². The average molecular weight is 379 g/mol. The van der Waals surface area contributed by atoms with E-state index in [4.69, 9.17) is 0 Å². The van der Waals surface area contributed by atoms with Crippen molar-refractivity contribution in [1.29, 1.82) is 0 Å². The van der Waals surface area contributed by atoms with Gasteiger partial charge in [-0.15, -0.1) is 12.4 Å². The number of carbonyl (C=O) groups excluding carboxylic acids is 1. The lowest BCUT2D eigenvalue weighted by atomic mass is 10.1. The minimum absolute atomic E-state index is 0. The summed E-state index contributed by atoms with van der Waals surface area (Å²) in [5.74, 6) is -1.85. The Hall–Kier alpha value is -2.13. The lowest BCUT2D eigenvalue weighted by Crippen LogP contribution is -2.32. The van der Waals surface area contributed by atoms with Gasteiger partial charge in [-0.1, -0.05) is 24.2 Å². The predicted octanol–water partition coefficient (Wildman–Crippen LogP) is 2.91.